The molecule has 1 aliphatic rings. The van der Waals surface area contributed by atoms with Gasteiger partial charge in [-0.1, -0.05) is 29.6 Å². The number of hydrogen-bond acceptors (Lipinski definition) is 3. The maximum Gasteiger partial charge on any atom is 0.573 e. The van der Waals surface area contributed by atoms with E-state index >= 15 is 0 Å². The van der Waals surface area contributed by atoms with Crippen LogP contribution in [0.15, 0.2) is 17.0 Å². The van der Waals surface area contributed by atoms with Crippen LogP contribution in [0.3, 0.4) is 0 Å². The first-order valence-corrected chi connectivity index (χ1v) is 8.56. The zero-order chi connectivity index (χ0) is 16.5. The van der Waals surface area contributed by atoms with Crippen LogP contribution in [0.5, 0.6) is 5.75 Å². The predicted octanol–water partition coefficient (Wildman–Crippen LogP) is 4.07. The summed E-state index contributed by atoms with van der Waals surface area (Å²) in [6, 6.07) is 1.58. The second-order valence-corrected chi connectivity index (χ2v) is 7.42. The maximum atomic E-state index is 12.5. The second kappa shape index (κ2) is 6.43. The Labute approximate surface area is 135 Å². The van der Waals surface area contributed by atoms with Crippen LogP contribution in [0.4, 0.5) is 13.2 Å². The number of nitrogens with zero attached hydrogens (tertiary/aromatic N) is 1. The number of hydrogen-bond donors (Lipinski definition) is 0. The summed E-state index contributed by atoms with van der Waals surface area (Å²) < 4.78 is 66.6. The van der Waals surface area contributed by atoms with E-state index in [4.69, 9.17) is 23.2 Å². The third-order valence-corrected chi connectivity index (χ3v) is 5.94. The quantitative estimate of drug-likeness (QED) is 0.797. The Bertz CT molecular complexity index is 635. The Balaban J connectivity index is 2.39. The van der Waals surface area contributed by atoms with E-state index in [2.05, 4.69) is 4.74 Å². The van der Waals surface area contributed by atoms with Crippen LogP contribution < -0.4 is 4.74 Å². The molecule has 0 atom stereocenters. The Morgan fingerprint density at radius 3 is 2.00 bits per heavy atom. The Hall–Kier alpha value is -0.700. The third-order valence-electron chi connectivity index (χ3n) is 3.12. The highest BCUT2D eigenvalue weighted by Crippen LogP contribution is 2.37. The van der Waals surface area contributed by atoms with Gasteiger partial charge in [-0.25, -0.2) is 8.42 Å². The normalized spacial score (nSPS) is 17.5. The summed E-state index contributed by atoms with van der Waals surface area (Å²) in [5.74, 6) is -0.667. The highest BCUT2D eigenvalue weighted by atomic mass is 35.5. The van der Waals surface area contributed by atoms with E-state index in [9.17, 15) is 21.6 Å². The zero-order valence-corrected chi connectivity index (χ0v) is 13.5. The van der Waals surface area contributed by atoms with Crippen molar-refractivity contribution in [2.24, 2.45) is 0 Å². The number of sulfonamides is 1. The molecule has 0 saturated carbocycles. The van der Waals surface area contributed by atoms with Gasteiger partial charge in [0.2, 0.25) is 10.0 Å². The molecule has 1 fully saturated rings. The SMILES string of the molecule is O=S(=O)(c1c(Cl)cc(OC(F)(F)F)cc1Cl)N1CCCCC1. The van der Waals surface area contributed by atoms with Gasteiger partial charge < -0.3 is 4.74 Å². The largest absolute Gasteiger partial charge is 0.573 e. The van der Waals surface area contributed by atoms with Crippen LogP contribution >= 0.6 is 23.2 Å². The van der Waals surface area contributed by atoms with Crippen molar-refractivity contribution in [2.45, 2.75) is 30.5 Å². The van der Waals surface area contributed by atoms with Crippen LogP contribution in [0.1, 0.15) is 19.3 Å². The minimum atomic E-state index is -4.92. The summed E-state index contributed by atoms with van der Waals surface area (Å²) in [4.78, 5) is -0.396. The number of benzene rings is 1. The van der Waals surface area contributed by atoms with E-state index in [1.807, 2.05) is 0 Å². The third kappa shape index (κ3) is 3.98. The van der Waals surface area contributed by atoms with E-state index in [0.29, 0.717) is 25.9 Å². The molecule has 0 radical (unpaired) electrons. The molecule has 1 heterocycles. The van der Waals surface area contributed by atoms with E-state index in [-0.39, 0.29) is 0 Å². The minimum absolute atomic E-state index is 0.329. The summed E-state index contributed by atoms with van der Waals surface area (Å²) in [7, 11) is -3.95. The lowest BCUT2D eigenvalue weighted by atomic mass is 10.2. The fraction of sp³-hybridized carbons (Fsp3) is 0.500. The molecule has 2 rings (SSSR count). The molecule has 0 amide bonds. The van der Waals surface area contributed by atoms with Gasteiger partial charge in [-0.15, -0.1) is 13.2 Å². The average molecular weight is 378 g/mol. The summed E-state index contributed by atoms with van der Waals surface area (Å²) in [6.07, 6.45) is -2.57. The van der Waals surface area contributed by atoms with E-state index in [1.165, 1.54) is 4.31 Å². The lowest BCUT2D eigenvalue weighted by Gasteiger charge is -2.26. The first kappa shape index (κ1) is 17.7. The predicted molar refractivity (Wildman–Crippen MR) is 75.8 cm³/mol. The topological polar surface area (TPSA) is 46.6 Å². The van der Waals surface area contributed by atoms with Crippen LogP contribution in [0, 0.1) is 0 Å². The van der Waals surface area contributed by atoms with Crippen LogP contribution in [0.25, 0.3) is 0 Å². The number of alkyl halides is 3. The monoisotopic (exact) mass is 377 g/mol. The van der Waals surface area contributed by atoms with Crippen molar-refractivity contribution in [3.63, 3.8) is 0 Å². The van der Waals surface area contributed by atoms with Gasteiger partial charge >= 0.3 is 6.36 Å². The minimum Gasteiger partial charge on any atom is -0.406 e. The van der Waals surface area contributed by atoms with Crippen molar-refractivity contribution in [1.82, 2.24) is 4.31 Å². The van der Waals surface area contributed by atoms with Crippen molar-refractivity contribution < 1.29 is 26.3 Å². The number of rotatable bonds is 3. The molecule has 0 N–H and O–H groups in total. The zero-order valence-electron chi connectivity index (χ0n) is 11.2. The molecule has 4 nitrogen and oxygen atoms in total. The van der Waals surface area contributed by atoms with Gasteiger partial charge in [-0.2, -0.15) is 4.31 Å². The lowest BCUT2D eigenvalue weighted by Crippen LogP contribution is -2.35. The molecule has 10 heteroatoms. The molecule has 1 saturated heterocycles. The van der Waals surface area contributed by atoms with Crippen LogP contribution in [-0.2, 0) is 10.0 Å². The molecular formula is C12H12Cl2F3NO3S. The van der Waals surface area contributed by atoms with Gasteiger partial charge in [0.25, 0.3) is 0 Å². The highest BCUT2D eigenvalue weighted by Gasteiger charge is 2.34. The lowest BCUT2D eigenvalue weighted by molar-refractivity contribution is -0.274. The molecule has 1 aromatic carbocycles. The Morgan fingerprint density at radius 2 is 1.55 bits per heavy atom. The van der Waals surface area contributed by atoms with Gasteiger partial charge in [0.15, 0.2) is 0 Å². The average Bonchev–Trinajstić information content (AvgIpc) is 2.36. The van der Waals surface area contributed by atoms with E-state index in [1.54, 1.807) is 0 Å². The summed E-state index contributed by atoms with van der Waals surface area (Å²) in [5, 5.41) is -0.811. The van der Waals surface area contributed by atoms with Gasteiger partial charge in [-0.05, 0) is 12.8 Å². The van der Waals surface area contributed by atoms with E-state index < -0.39 is 37.1 Å². The maximum absolute atomic E-state index is 12.5. The summed E-state index contributed by atoms with van der Waals surface area (Å²) in [6.45, 7) is 0.658. The molecule has 0 aliphatic carbocycles. The first-order chi connectivity index (χ1) is 10.1. The summed E-state index contributed by atoms with van der Waals surface area (Å²) >= 11 is 11.7. The van der Waals surface area contributed by atoms with Crippen molar-refractivity contribution in [3.8, 4) is 5.75 Å². The molecule has 1 aliphatic heterocycles. The molecule has 22 heavy (non-hydrogen) atoms. The second-order valence-electron chi connectivity index (χ2n) is 4.73. The van der Waals surface area contributed by atoms with Crippen molar-refractivity contribution in [3.05, 3.63) is 22.2 Å². The molecule has 0 aromatic heterocycles. The standard InChI is InChI=1S/C12H12Cl2F3NO3S/c13-9-6-8(21-12(15,16)17)7-10(14)11(9)22(19,20)18-4-2-1-3-5-18/h6-7H,1-5H2. The van der Waals surface area contributed by atoms with Gasteiger partial charge in [0.05, 0.1) is 10.0 Å². The smallest absolute Gasteiger partial charge is 0.406 e. The number of ether oxygens (including phenoxy) is 1. The van der Waals surface area contributed by atoms with Gasteiger partial charge in [-0.3, -0.25) is 0 Å². The molecule has 0 bridgehead atoms. The Kier molecular flexibility index (Phi) is 5.16. The Morgan fingerprint density at radius 1 is 1.05 bits per heavy atom. The van der Waals surface area contributed by atoms with Crippen molar-refractivity contribution in [2.75, 3.05) is 13.1 Å². The van der Waals surface area contributed by atoms with E-state index in [0.717, 1.165) is 18.6 Å². The number of halogens is 5. The number of piperidine rings is 1. The first-order valence-electron chi connectivity index (χ1n) is 6.36. The highest BCUT2D eigenvalue weighted by molar-refractivity contribution is 7.89. The fourth-order valence-electron chi connectivity index (χ4n) is 2.21. The molecular weight excluding hydrogens is 366 g/mol. The molecule has 124 valence electrons. The molecule has 0 unspecified atom stereocenters. The van der Waals surface area contributed by atoms with Gasteiger partial charge in [0, 0.05) is 25.2 Å². The molecule has 1 aromatic rings. The van der Waals surface area contributed by atoms with Crippen LogP contribution in [-0.4, -0.2) is 32.2 Å². The summed E-state index contributed by atoms with van der Waals surface area (Å²) in [5.41, 5.74) is 0. The fourth-order valence-corrected chi connectivity index (χ4v) is 4.87. The van der Waals surface area contributed by atoms with Gasteiger partial charge in [0.1, 0.15) is 10.6 Å². The van der Waals surface area contributed by atoms with Crippen molar-refractivity contribution in [1.29, 1.82) is 0 Å². The van der Waals surface area contributed by atoms with Crippen molar-refractivity contribution >= 4 is 33.2 Å². The molecule has 0 spiro atoms. The van der Waals surface area contributed by atoms with Crippen LogP contribution in [0.2, 0.25) is 10.0 Å².